The number of allylic oxidation sites excluding steroid dienone is 3. The number of rotatable bonds is 6. The number of hydrogen-bond donors (Lipinski definition) is 0. The summed E-state index contributed by atoms with van der Waals surface area (Å²) in [6, 6.07) is 0. The Morgan fingerprint density at radius 3 is 2.39 bits per heavy atom. The minimum atomic E-state index is -1.91. The molecule has 2 heteroatoms. The highest BCUT2D eigenvalue weighted by molar-refractivity contribution is 6.74. The first-order chi connectivity index (χ1) is 17.4. The summed E-state index contributed by atoms with van der Waals surface area (Å²) in [6.07, 6.45) is 12.8. The molecule has 0 radical (unpaired) electrons. The molecule has 214 valence electrons. The first kappa shape index (κ1) is 31.5. The van der Waals surface area contributed by atoms with E-state index in [0.717, 1.165) is 18.3 Å². The van der Waals surface area contributed by atoms with Crippen LogP contribution in [0.25, 0.3) is 0 Å². The summed E-state index contributed by atoms with van der Waals surface area (Å²) in [7, 11) is -1.91. The van der Waals surface area contributed by atoms with E-state index in [2.05, 4.69) is 107 Å². The van der Waals surface area contributed by atoms with Crippen LogP contribution in [0.2, 0.25) is 18.1 Å². The molecule has 3 rings (SSSR count). The maximum Gasteiger partial charge on any atom is 0.193 e. The topological polar surface area (TPSA) is 9.23 Å². The second-order valence-electron chi connectivity index (χ2n) is 16.2. The minimum absolute atomic E-state index is 0.0133. The molecule has 3 aliphatic carbocycles. The zero-order valence-electron chi connectivity index (χ0n) is 27.2. The number of hydrogen-bond acceptors (Lipinski definition) is 1. The lowest BCUT2D eigenvalue weighted by Crippen LogP contribution is -2.46. The van der Waals surface area contributed by atoms with E-state index in [1.54, 1.807) is 0 Å². The Balaban J connectivity index is 1.80. The third kappa shape index (κ3) is 6.81. The van der Waals surface area contributed by atoms with Gasteiger partial charge in [0.25, 0.3) is 0 Å². The molecule has 0 N–H and O–H groups in total. The lowest BCUT2D eigenvalue weighted by molar-refractivity contribution is 0.107. The fraction of sp³-hybridized carbons (Fsp3) is 0.778. The van der Waals surface area contributed by atoms with E-state index in [1.165, 1.54) is 67.2 Å². The van der Waals surface area contributed by atoms with Crippen LogP contribution in [-0.2, 0) is 4.43 Å². The molecule has 0 aromatic carbocycles. The van der Waals surface area contributed by atoms with Gasteiger partial charge in [0.2, 0.25) is 0 Å². The Hall–Kier alpha value is -1.04. The molecule has 1 fully saturated rings. The summed E-state index contributed by atoms with van der Waals surface area (Å²) in [5.74, 6) is 10.2. The maximum absolute atomic E-state index is 6.94. The van der Waals surface area contributed by atoms with Crippen LogP contribution < -0.4 is 0 Å². The predicted octanol–water partition coefficient (Wildman–Crippen LogP) is 10.9. The van der Waals surface area contributed by atoms with Crippen LogP contribution in [0.4, 0.5) is 0 Å². The van der Waals surface area contributed by atoms with E-state index in [4.69, 9.17) is 4.43 Å². The number of fused-ring (bicyclic) bond motifs is 1. The van der Waals surface area contributed by atoms with E-state index in [9.17, 15) is 0 Å². The predicted molar refractivity (Wildman–Crippen MR) is 170 cm³/mol. The highest BCUT2D eigenvalue weighted by Gasteiger charge is 2.50. The Kier molecular flexibility index (Phi) is 9.48. The average molecular weight is 537 g/mol. The van der Waals surface area contributed by atoms with Gasteiger partial charge in [-0.2, -0.15) is 0 Å². The van der Waals surface area contributed by atoms with E-state index in [-0.39, 0.29) is 11.1 Å². The second-order valence-corrected chi connectivity index (χ2v) is 21.0. The van der Waals surface area contributed by atoms with Gasteiger partial charge in [-0.05, 0) is 109 Å². The van der Waals surface area contributed by atoms with Crippen LogP contribution in [0.1, 0.15) is 121 Å². The van der Waals surface area contributed by atoms with Crippen molar-refractivity contribution in [1.82, 2.24) is 0 Å². The van der Waals surface area contributed by atoms with Gasteiger partial charge in [-0.3, -0.25) is 0 Å². The molecule has 0 spiro atoms. The van der Waals surface area contributed by atoms with Gasteiger partial charge in [0.15, 0.2) is 8.32 Å². The molecular weight excluding hydrogens is 476 g/mol. The van der Waals surface area contributed by atoms with Crippen molar-refractivity contribution in [3.05, 3.63) is 34.9 Å². The normalized spacial score (nSPS) is 31.5. The molecular formula is C36H60OSi. The van der Waals surface area contributed by atoms with Crippen molar-refractivity contribution >= 4 is 8.32 Å². The summed E-state index contributed by atoms with van der Waals surface area (Å²) < 4.78 is 6.94. The van der Waals surface area contributed by atoms with Gasteiger partial charge in [-0.15, -0.1) is 0 Å². The monoisotopic (exact) mass is 536 g/mol. The summed E-state index contributed by atoms with van der Waals surface area (Å²) >= 11 is 0. The van der Waals surface area contributed by atoms with Crippen LogP contribution in [0, 0.1) is 46.3 Å². The van der Waals surface area contributed by atoms with E-state index in [0.29, 0.717) is 22.7 Å². The zero-order valence-corrected chi connectivity index (χ0v) is 28.2. The van der Waals surface area contributed by atoms with Crippen molar-refractivity contribution in [2.75, 3.05) is 0 Å². The lowest BCUT2D eigenvalue weighted by Gasteiger charge is -2.43. The molecule has 6 atom stereocenters. The Bertz CT molecular complexity index is 1000. The van der Waals surface area contributed by atoms with Gasteiger partial charge in [0.05, 0.1) is 6.10 Å². The van der Waals surface area contributed by atoms with Crippen LogP contribution in [0.5, 0.6) is 0 Å². The molecule has 0 saturated heterocycles. The van der Waals surface area contributed by atoms with Crippen molar-refractivity contribution in [2.45, 2.75) is 145 Å². The Morgan fingerprint density at radius 2 is 1.79 bits per heavy atom. The molecule has 0 aliphatic heterocycles. The summed E-state index contributed by atoms with van der Waals surface area (Å²) in [5, 5.41) is 0.181. The van der Waals surface area contributed by atoms with E-state index < -0.39 is 8.32 Å². The highest BCUT2D eigenvalue weighted by Crippen LogP contribution is 2.58. The fourth-order valence-corrected chi connectivity index (χ4v) is 8.54. The average Bonchev–Trinajstić information content (AvgIpc) is 3.14. The second kappa shape index (κ2) is 11.4. The van der Waals surface area contributed by atoms with Crippen LogP contribution in [0.15, 0.2) is 34.9 Å². The summed E-state index contributed by atoms with van der Waals surface area (Å²) in [5.41, 5.74) is 6.13. The van der Waals surface area contributed by atoms with Gasteiger partial charge < -0.3 is 4.43 Å². The molecule has 0 bridgehead atoms. The summed E-state index contributed by atoms with van der Waals surface area (Å²) in [6.45, 7) is 33.0. The zero-order chi connectivity index (χ0) is 28.7. The SMILES string of the molecule is C=C1[C@H](O[Si](C)(C)C(C)(C)C)C(C)=C(C#CC2=CCC[C@]3(C)[C@@H](C(C)CCCC(C)(C)C)CC[C@@H]23)C[C@H]1C. The molecule has 0 heterocycles. The third-order valence-electron chi connectivity index (χ3n) is 11.0. The van der Waals surface area contributed by atoms with Crippen molar-refractivity contribution in [3.8, 4) is 11.8 Å². The van der Waals surface area contributed by atoms with Crippen molar-refractivity contribution in [3.63, 3.8) is 0 Å². The van der Waals surface area contributed by atoms with Crippen molar-refractivity contribution in [1.29, 1.82) is 0 Å². The summed E-state index contributed by atoms with van der Waals surface area (Å²) in [4.78, 5) is 0. The molecule has 1 unspecified atom stereocenters. The third-order valence-corrected chi connectivity index (χ3v) is 15.5. The molecule has 38 heavy (non-hydrogen) atoms. The Labute approximate surface area is 238 Å². The molecule has 1 nitrogen and oxygen atoms in total. The molecule has 0 amide bonds. The van der Waals surface area contributed by atoms with E-state index >= 15 is 0 Å². The first-order valence-corrected chi connectivity index (χ1v) is 18.6. The lowest BCUT2D eigenvalue weighted by atomic mass is 9.62. The first-order valence-electron chi connectivity index (χ1n) is 15.7. The van der Waals surface area contributed by atoms with Crippen molar-refractivity contribution < 1.29 is 4.43 Å². The fourth-order valence-electron chi connectivity index (χ4n) is 7.27. The molecule has 0 aromatic heterocycles. The van der Waals surface area contributed by atoms with Gasteiger partial charge in [0, 0.05) is 11.1 Å². The van der Waals surface area contributed by atoms with E-state index in [1.807, 2.05) is 0 Å². The highest BCUT2D eigenvalue weighted by atomic mass is 28.4. The smallest absolute Gasteiger partial charge is 0.193 e. The van der Waals surface area contributed by atoms with Crippen molar-refractivity contribution in [2.24, 2.45) is 34.5 Å². The quantitative estimate of drug-likeness (QED) is 0.186. The standard InChI is InChI=1S/C36H60OSi/c1-25(16-14-22-34(5,6)7)31-20-21-32-29(17-15-23-36(31,32)11)18-19-30-24-26(2)27(3)33(28(30)4)37-38(12,13)35(8,9)10/h17,25-26,31-33H,3,14-16,20-24H2,1-2,4-13H3/t25?,26-,31-,32+,33+,36-/m1/s1. The molecule has 0 aromatic rings. The van der Waals surface area contributed by atoms with Crippen LogP contribution in [0.3, 0.4) is 0 Å². The van der Waals surface area contributed by atoms with Gasteiger partial charge in [-0.1, -0.05) is 99.7 Å². The van der Waals surface area contributed by atoms with Crippen LogP contribution in [-0.4, -0.2) is 14.4 Å². The molecule has 3 aliphatic rings. The van der Waals surface area contributed by atoms with Gasteiger partial charge in [0.1, 0.15) is 0 Å². The van der Waals surface area contributed by atoms with Gasteiger partial charge in [-0.25, -0.2) is 0 Å². The maximum atomic E-state index is 6.94. The molecule has 1 saturated carbocycles. The van der Waals surface area contributed by atoms with Crippen LogP contribution >= 0.6 is 0 Å². The van der Waals surface area contributed by atoms with Gasteiger partial charge >= 0.3 is 0 Å². The minimum Gasteiger partial charge on any atom is -0.407 e. The Morgan fingerprint density at radius 1 is 1.13 bits per heavy atom. The largest absolute Gasteiger partial charge is 0.407 e.